The van der Waals surface area contributed by atoms with Crippen LogP contribution >= 0.6 is 11.6 Å². The Labute approximate surface area is 111 Å². The molecule has 0 fully saturated rings. The number of hydrogen-bond acceptors (Lipinski definition) is 2. The van der Waals surface area contributed by atoms with Crippen molar-refractivity contribution in [2.24, 2.45) is 0 Å². The average Bonchev–Trinajstić information content (AvgIpc) is 2.72. The Morgan fingerprint density at radius 3 is 3.00 bits per heavy atom. The molecule has 2 aromatic rings. The zero-order chi connectivity index (χ0) is 13.0. The van der Waals surface area contributed by atoms with E-state index in [1.54, 1.807) is 16.9 Å². The van der Waals surface area contributed by atoms with Crippen molar-refractivity contribution in [3.63, 3.8) is 0 Å². The predicted molar refractivity (Wildman–Crippen MR) is 70.3 cm³/mol. The molecular formula is C13H14ClN3O. The molecule has 5 heteroatoms. The third-order valence-corrected chi connectivity index (χ3v) is 2.68. The van der Waals surface area contributed by atoms with Gasteiger partial charge in [0, 0.05) is 17.8 Å². The van der Waals surface area contributed by atoms with Crippen LogP contribution in [0.25, 0.3) is 0 Å². The van der Waals surface area contributed by atoms with Gasteiger partial charge in [-0.1, -0.05) is 23.7 Å². The zero-order valence-corrected chi connectivity index (χ0v) is 10.8. The van der Waals surface area contributed by atoms with Gasteiger partial charge < -0.3 is 5.32 Å². The second-order valence-corrected chi connectivity index (χ2v) is 4.56. The lowest BCUT2D eigenvalue weighted by molar-refractivity contribution is -0.122. The van der Waals surface area contributed by atoms with Crippen molar-refractivity contribution in [3.8, 4) is 0 Å². The monoisotopic (exact) mass is 263 g/mol. The van der Waals surface area contributed by atoms with Gasteiger partial charge in [-0.05, 0) is 30.2 Å². The molecule has 0 spiro atoms. The first-order chi connectivity index (χ1) is 8.63. The molecule has 0 aliphatic carbocycles. The van der Waals surface area contributed by atoms with Crippen molar-refractivity contribution in [2.75, 3.05) is 0 Å². The normalized spacial score (nSPS) is 10.3. The molecule has 0 unspecified atom stereocenters. The number of carbonyl (C=O) groups excluding carboxylic acids is 1. The van der Waals surface area contributed by atoms with Gasteiger partial charge in [0.05, 0.1) is 6.20 Å². The minimum Gasteiger partial charge on any atom is -0.350 e. The van der Waals surface area contributed by atoms with Gasteiger partial charge in [-0.2, -0.15) is 5.10 Å². The third-order valence-electron chi connectivity index (χ3n) is 2.45. The van der Waals surface area contributed by atoms with Gasteiger partial charge in [-0.15, -0.1) is 0 Å². The molecule has 1 amide bonds. The molecule has 0 aliphatic heterocycles. The van der Waals surface area contributed by atoms with E-state index in [-0.39, 0.29) is 12.5 Å². The van der Waals surface area contributed by atoms with Gasteiger partial charge in [0.1, 0.15) is 6.54 Å². The van der Waals surface area contributed by atoms with Crippen LogP contribution in [0.4, 0.5) is 0 Å². The van der Waals surface area contributed by atoms with Crippen molar-refractivity contribution in [1.29, 1.82) is 0 Å². The van der Waals surface area contributed by atoms with Crippen molar-refractivity contribution in [1.82, 2.24) is 15.1 Å². The van der Waals surface area contributed by atoms with Crippen LogP contribution in [0.2, 0.25) is 5.02 Å². The van der Waals surface area contributed by atoms with Crippen LogP contribution < -0.4 is 5.32 Å². The van der Waals surface area contributed by atoms with E-state index in [0.29, 0.717) is 11.6 Å². The van der Waals surface area contributed by atoms with Gasteiger partial charge in [-0.3, -0.25) is 9.48 Å². The van der Waals surface area contributed by atoms with E-state index >= 15 is 0 Å². The standard InChI is InChI=1S/C13H14ClN3O/c1-10-6-16-17(8-10)9-13(18)15-7-11-3-2-4-12(14)5-11/h2-6,8H,7,9H2,1H3,(H,15,18). The average molecular weight is 264 g/mol. The summed E-state index contributed by atoms with van der Waals surface area (Å²) in [5.41, 5.74) is 2.02. The first-order valence-electron chi connectivity index (χ1n) is 5.64. The molecule has 18 heavy (non-hydrogen) atoms. The molecule has 0 bridgehead atoms. The predicted octanol–water partition coefficient (Wildman–Crippen LogP) is 2.16. The Morgan fingerprint density at radius 1 is 1.50 bits per heavy atom. The molecular weight excluding hydrogens is 250 g/mol. The van der Waals surface area contributed by atoms with Crippen LogP contribution in [0.3, 0.4) is 0 Å². The first kappa shape index (κ1) is 12.6. The minimum absolute atomic E-state index is 0.0712. The van der Waals surface area contributed by atoms with Crippen LogP contribution in [-0.4, -0.2) is 15.7 Å². The van der Waals surface area contributed by atoms with Crippen LogP contribution in [0.15, 0.2) is 36.7 Å². The molecule has 0 atom stereocenters. The molecule has 94 valence electrons. The molecule has 4 nitrogen and oxygen atoms in total. The number of nitrogens with zero attached hydrogens (tertiary/aromatic N) is 2. The second kappa shape index (κ2) is 5.69. The quantitative estimate of drug-likeness (QED) is 0.919. The van der Waals surface area contributed by atoms with Crippen LogP contribution in [-0.2, 0) is 17.9 Å². The fraction of sp³-hybridized carbons (Fsp3) is 0.231. The Hall–Kier alpha value is -1.81. The van der Waals surface area contributed by atoms with Gasteiger partial charge in [0.2, 0.25) is 5.91 Å². The summed E-state index contributed by atoms with van der Waals surface area (Å²) in [6.45, 7) is 2.64. The van der Waals surface area contributed by atoms with E-state index in [4.69, 9.17) is 11.6 Å². The van der Waals surface area contributed by atoms with E-state index in [9.17, 15) is 4.79 Å². The zero-order valence-electron chi connectivity index (χ0n) is 10.1. The summed E-state index contributed by atoms with van der Waals surface area (Å²) in [6.07, 6.45) is 3.56. The highest BCUT2D eigenvalue weighted by Crippen LogP contribution is 2.10. The summed E-state index contributed by atoms with van der Waals surface area (Å²) in [4.78, 5) is 11.7. The number of amides is 1. The van der Waals surface area contributed by atoms with Crippen LogP contribution in [0.5, 0.6) is 0 Å². The summed E-state index contributed by atoms with van der Waals surface area (Å²) >= 11 is 5.87. The summed E-state index contributed by atoms with van der Waals surface area (Å²) in [5.74, 6) is -0.0712. The lowest BCUT2D eigenvalue weighted by atomic mass is 10.2. The number of hydrogen-bond donors (Lipinski definition) is 1. The molecule has 0 aliphatic rings. The Bertz CT molecular complexity index is 551. The lowest BCUT2D eigenvalue weighted by Crippen LogP contribution is -2.27. The van der Waals surface area contributed by atoms with E-state index in [2.05, 4.69) is 10.4 Å². The van der Waals surface area contributed by atoms with Gasteiger partial charge >= 0.3 is 0 Å². The molecule has 2 rings (SSSR count). The molecule has 1 heterocycles. The number of carbonyl (C=O) groups is 1. The molecule has 0 radical (unpaired) electrons. The largest absolute Gasteiger partial charge is 0.350 e. The molecule has 1 N–H and O–H groups in total. The fourth-order valence-corrected chi connectivity index (χ4v) is 1.82. The molecule has 1 aromatic carbocycles. The molecule has 1 aromatic heterocycles. The van der Waals surface area contributed by atoms with E-state index in [0.717, 1.165) is 11.1 Å². The number of nitrogens with one attached hydrogen (secondary N) is 1. The van der Waals surface area contributed by atoms with E-state index in [1.165, 1.54) is 0 Å². The third kappa shape index (κ3) is 3.60. The number of halogens is 1. The lowest BCUT2D eigenvalue weighted by Gasteiger charge is -2.05. The topological polar surface area (TPSA) is 46.9 Å². The number of rotatable bonds is 4. The van der Waals surface area contributed by atoms with E-state index < -0.39 is 0 Å². The fourth-order valence-electron chi connectivity index (χ4n) is 1.60. The maximum absolute atomic E-state index is 11.7. The molecule has 0 saturated heterocycles. The number of benzene rings is 1. The van der Waals surface area contributed by atoms with Gasteiger partial charge in [0.15, 0.2) is 0 Å². The van der Waals surface area contributed by atoms with Crippen molar-refractivity contribution < 1.29 is 4.79 Å². The Kier molecular flexibility index (Phi) is 3.99. The summed E-state index contributed by atoms with van der Waals surface area (Å²) < 4.78 is 1.61. The minimum atomic E-state index is -0.0712. The highest BCUT2D eigenvalue weighted by atomic mass is 35.5. The highest BCUT2D eigenvalue weighted by Gasteiger charge is 2.03. The summed E-state index contributed by atoms with van der Waals surface area (Å²) in [6, 6.07) is 7.42. The van der Waals surface area contributed by atoms with E-state index in [1.807, 2.05) is 31.3 Å². The number of aryl methyl sites for hydroxylation is 1. The Morgan fingerprint density at radius 2 is 2.33 bits per heavy atom. The van der Waals surface area contributed by atoms with Crippen LogP contribution in [0, 0.1) is 6.92 Å². The highest BCUT2D eigenvalue weighted by molar-refractivity contribution is 6.30. The SMILES string of the molecule is Cc1cnn(CC(=O)NCc2cccc(Cl)c2)c1. The maximum Gasteiger partial charge on any atom is 0.241 e. The first-order valence-corrected chi connectivity index (χ1v) is 6.01. The summed E-state index contributed by atoms with van der Waals surface area (Å²) in [7, 11) is 0. The summed E-state index contributed by atoms with van der Waals surface area (Å²) in [5, 5.41) is 7.56. The smallest absolute Gasteiger partial charge is 0.241 e. The molecule has 0 saturated carbocycles. The second-order valence-electron chi connectivity index (χ2n) is 4.12. The van der Waals surface area contributed by atoms with Crippen LogP contribution in [0.1, 0.15) is 11.1 Å². The number of aromatic nitrogens is 2. The van der Waals surface area contributed by atoms with Crippen molar-refractivity contribution in [3.05, 3.63) is 52.8 Å². The van der Waals surface area contributed by atoms with Gasteiger partial charge in [0.25, 0.3) is 0 Å². The van der Waals surface area contributed by atoms with Crippen molar-refractivity contribution >= 4 is 17.5 Å². The maximum atomic E-state index is 11.7. The van der Waals surface area contributed by atoms with Gasteiger partial charge in [-0.25, -0.2) is 0 Å². The Balaban J connectivity index is 1.85. The van der Waals surface area contributed by atoms with Crippen molar-refractivity contribution in [2.45, 2.75) is 20.0 Å².